The minimum Gasteiger partial charge on any atom is -0.366 e. The molecule has 142 valence electrons. The molecule has 0 bridgehead atoms. The molecule has 3 amide bonds. The van der Waals surface area contributed by atoms with Crippen LogP contribution in [0.5, 0.6) is 0 Å². The summed E-state index contributed by atoms with van der Waals surface area (Å²) in [4.78, 5) is 37.3. The molecule has 0 radical (unpaired) electrons. The average molecular weight is 408 g/mol. The Morgan fingerprint density at radius 2 is 1.74 bits per heavy atom. The van der Waals surface area contributed by atoms with Crippen LogP contribution in [0.25, 0.3) is 0 Å². The van der Waals surface area contributed by atoms with E-state index in [1.165, 1.54) is 23.1 Å². The third kappa shape index (κ3) is 5.70. The summed E-state index contributed by atoms with van der Waals surface area (Å²) in [5, 5.41) is 3.43. The van der Waals surface area contributed by atoms with E-state index in [-0.39, 0.29) is 24.8 Å². The summed E-state index contributed by atoms with van der Waals surface area (Å²) in [7, 11) is 0. The first-order chi connectivity index (χ1) is 12.8. The van der Waals surface area contributed by atoms with Gasteiger partial charge in [0.15, 0.2) is 0 Å². The minimum absolute atomic E-state index is 0.106. The normalized spacial score (nSPS) is 10.3. The quantitative estimate of drug-likeness (QED) is 0.734. The van der Waals surface area contributed by atoms with Crippen molar-refractivity contribution in [2.45, 2.75) is 13.3 Å². The number of amides is 3. The Morgan fingerprint density at radius 3 is 2.33 bits per heavy atom. The molecule has 0 saturated carbocycles. The average Bonchev–Trinajstić information content (AvgIpc) is 2.64. The fourth-order valence-corrected chi connectivity index (χ4v) is 2.78. The van der Waals surface area contributed by atoms with Gasteiger partial charge in [-0.25, -0.2) is 0 Å². The van der Waals surface area contributed by atoms with Gasteiger partial charge in [-0.05, 0) is 49.4 Å². The number of rotatable bonds is 7. The van der Waals surface area contributed by atoms with Crippen LogP contribution in [0.1, 0.15) is 34.1 Å². The smallest absolute Gasteiger partial charge is 0.255 e. The molecular formula is C19H19Cl2N3O3. The Hall–Kier alpha value is -2.57. The van der Waals surface area contributed by atoms with Crippen molar-refractivity contribution < 1.29 is 14.4 Å². The third-order valence-electron chi connectivity index (χ3n) is 3.89. The summed E-state index contributed by atoms with van der Waals surface area (Å²) in [5.74, 6) is -1.08. The number of hydrogen-bond donors (Lipinski definition) is 2. The third-order valence-corrected chi connectivity index (χ3v) is 4.45. The van der Waals surface area contributed by atoms with Gasteiger partial charge < -0.3 is 16.0 Å². The lowest BCUT2D eigenvalue weighted by molar-refractivity contribution is -0.116. The van der Waals surface area contributed by atoms with Crippen molar-refractivity contribution in [3.63, 3.8) is 0 Å². The predicted molar refractivity (Wildman–Crippen MR) is 106 cm³/mol. The van der Waals surface area contributed by atoms with Gasteiger partial charge in [0, 0.05) is 35.8 Å². The fourth-order valence-electron chi connectivity index (χ4n) is 2.41. The Kier molecular flexibility index (Phi) is 7.21. The zero-order valence-corrected chi connectivity index (χ0v) is 16.2. The van der Waals surface area contributed by atoms with Gasteiger partial charge in [-0.3, -0.25) is 14.4 Å². The first kappa shape index (κ1) is 20.7. The van der Waals surface area contributed by atoms with Crippen molar-refractivity contribution in [3.8, 4) is 0 Å². The number of carbonyl (C=O) groups excluding carboxylic acids is 3. The van der Waals surface area contributed by atoms with Gasteiger partial charge >= 0.3 is 0 Å². The molecular weight excluding hydrogens is 389 g/mol. The highest BCUT2D eigenvalue weighted by Gasteiger charge is 2.18. The molecule has 27 heavy (non-hydrogen) atoms. The summed E-state index contributed by atoms with van der Waals surface area (Å²) in [6.07, 6.45) is 0.106. The molecule has 0 fully saturated rings. The van der Waals surface area contributed by atoms with Gasteiger partial charge in [0.1, 0.15) is 0 Å². The molecule has 2 aromatic rings. The van der Waals surface area contributed by atoms with Crippen LogP contribution >= 0.6 is 23.2 Å². The van der Waals surface area contributed by atoms with Crippen molar-refractivity contribution >= 4 is 46.6 Å². The van der Waals surface area contributed by atoms with E-state index in [2.05, 4.69) is 5.32 Å². The molecule has 0 aromatic heterocycles. The van der Waals surface area contributed by atoms with Crippen molar-refractivity contribution in [2.75, 3.05) is 18.4 Å². The van der Waals surface area contributed by atoms with E-state index in [1.807, 2.05) is 6.92 Å². The monoisotopic (exact) mass is 407 g/mol. The van der Waals surface area contributed by atoms with E-state index in [4.69, 9.17) is 28.9 Å². The van der Waals surface area contributed by atoms with Gasteiger partial charge in [-0.1, -0.05) is 23.2 Å². The topological polar surface area (TPSA) is 92.5 Å². The molecule has 2 aromatic carbocycles. The van der Waals surface area contributed by atoms with Crippen LogP contribution in [-0.4, -0.2) is 35.7 Å². The molecule has 8 heteroatoms. The van der Waals surface area contributed by atoms with Gasteiger partial charge in [-0.2, -0.15) is 0 Å². The maximum Gasteiger partial charge on any atom is 0.255 e. The van der Waals surface area contributed by atoms with E-state index < -0.39 is 5.91 Å². The van der Waals surface area contributed by atoms with Gasteiger partial charge in [0.2, 0.25) is 11.8 Å². The highest BCUT2D eigenvalue weighted by molar-refractivity contribution is 6.35. The molecule has 0 aliphatic heterocycles. The maximum atomic E-state index is 12.6. The lowest BCUT2D eigenvalue weighted by Crippen LogP contribution is -2.33. The van der Waals surface area contributed by atoms with E-state index in [9.17, 15) is 14.4 Å². The number of hydrogen-bond acceptors (Lipinski definition) is 3. The Labute approximate surface area is 167 Å². The molecule has 6 nitrogen and oxygen atoms in total. The second-order valence-electron chi connectivity index (χ2n) is 5.75. The summed E-state index contributed by atoms with van der Waals surface area (Å²) < 4.78 is 0. The molecule has 0 aliphatic carbocycles. The zero-order valence-electron chi connectivity index (χ0n) is 14.7. The number of anilines is 1. The lowest BCUT2D eigenvalue weighted by atomic mass is 10.2. The largest absolute Gasteiger partial charge is 0.366 e. The van der Waals surface area contributed by atoms with E-state index in [0.29, 0.717) is 33.4 Å². The minimum atomic E-state index is -0.537. The van der Waals surface area contributed by atoms with Crippen LogP contribution in [0, 0.1) is 0 Å². The number of halogens is 2. The second kappa shape index (κ2) is 9.39. The summed E-state index contributed by atoms with van der Waals surface area (Å²) in [5.41, 5.74) is 6.37. The van der Waals surface area contributed by atoms with E-state index in [1.54, 1.807) is 24.3 Å². The highest BCUT2D eigenvalue weighted by Crippen LogP contribution is 2.22. The number of carbonyl (C=O) groups is 3. The van der Waals surface area contributed by atoms with Crippen LogP contribution in [0.15, 0.2) is 42.5 Å². The Balaban J connectivity index is 1.96. The van der Waals surface area contributed by atoms with Crippen molar-refractivity contribution in [1.82, 2.24) is 4.90 Å². The van der Waals surface area contributed by atoms with Crippen molar-refractivity contribution in [3.05, 3.63) is 63.6 Å². The number of primary amides is 1. The summed E-state index contributed by atoms with van der Waals surface area (Å²) in [6, 6.07) is 10.9. The van der Waals surface area contributed by atoms with Gasteiger partial charge in [0.05, 0.1) is 10.6 Å². The van der Waals surface area contributed by atoms with Crippen LogP contribution in [-0.2, 0) is 4.79 Å². The first-order valence-corrected chi connectivity index (χ1v) is 9.01. The number of nitrogens with two attached hydrogens (primary N) is 1. The molecule has 0 aliphatic rings. The maximum absolute atomic E-state index is 12.6. The molecule has 0 atom stereocenters. The molecule has 0 saturated heterocycles. The highest BCUT2D eigenvalue weighted by atomic mass is 35.5. The van der Waals surface area contributed by atoms with Crippen molar-refractivity contribution in [2.24, 2.45) is 5.73 Å². The van der Waals surface area contributed by atoms with Crippen LogP contribution in [0.2, 0.25) is 10.0 Å². The Bertz CT molecular complexity index is 854. The standard InChI is InChI=1S/C19H19Cl2N3O3/c1-2-24(19(27)15-11-13(20)5-8-16(15)21)10-9-17(25)23-14-6-3-12(4-7-14)18(22)26/h3-8,11H,2,9-10H2,1H3,(H2,22,26)(H,23,25). The number of nitrogens with zero attached hydrogens (tertiary/aromatic N) is 1. The van der Waals surface area contributed by atoms with Gasteiger partial charge in [0.25, 0.3) is 5.91 Å². The van der Waals surface area contributed by atoms with Crippen molar-refractivity contribution in [1.29, 1.82) is 0 Å². The van der Waals surface area contributed by atoms with E-state index >= 15 is 0 Å². The first-order valence-electron chi connectivity index (χ1n) is 8.26. The van der Waals surface area contributed by atoms with E-state index in [0.717, 1.165) is 0 Å². The molecule has 0 spiro atoms. The summed E-state index contributed by atoms with van der Waals surface area (Å²) in [6.45, 7) is 2.46. The molecule has 2 rings (SSSR count). The molecule has 0 unspecified atom stereocenters. The summed E-state index contributed by atoms with van der Waals surface area (Å²) >= 11 is 12.0. The molecule has 0 heterocycles. The SMILES string of the molecule is CCN(CCC(=O)Nc1ccc(C(N)=O)cc1)C(=O)c1cc(Cl)ccc1Cl. The van der Waals surface area contributed by atoms with Crippen LogP contribution in [0.4, 0.5) is 5.69 Å². The van der Waals surface area contributed by atoms with Crippen LogP contribution < -0.4 is 11.1 Å². The number of benzene rings is 2. The second-order valence-corrected chi connectivity index (χ2v) is 6.59. The number of nitrogens with one attached hydrogen (secondary N) is 1. The van der Waals surface area contributed by atoms with Gasteiger partial charge in [-0.15, -0.1) is 0 Å². The Morgan fingerprint density at radius 1 is 1.07 bits per heavy atom. The fraction of sp³-hybridized carbons (Fsp3) is 0.211. The molecule has 3 N–H and O–H groups in total. The van der Waals surface area contributed by atoms with Crippen LogP contribution in [0.3, 0.4) is 0 Å². The zero-order chi connectivity index (χ0) is 20.0. The predicted octanol–water partition coefficient (Wildman–Crippen LogP) is 3.58. The lowest BCUT2D eigenvalue weighted by Gasteiger charge is -2.21.